The molecule has 0 radical (unpaired) electrons. The van der Waals surface area contributed by atoms with Crippen LogP contribution in [-0.2, 0) is 32.0 Å². The minimum absolute atomic E-state index is 0.0930. The average Bonchev–Trinajstić information content (AvgIpc) is 3.96. The maximum Gasteiger partial charge on any atom is 0.407 e. The molecule has 2 N–H and O–H groups in total. The van der Waals surface area contributed by atoms with Gasteiger partial charge in [-0.05, 0) is 146 Å². The lowest BCUT2D eigenvalue weighted by atomic mass is 10.0. The number of anilines is 3. The number of nitriles is 1. The summed E-state index contributed by atoms with van der Waals surface area (Å²) in [6, 6.07) is 24.1. The van der Waals surface area contributed by atoms with Crippen molar-refractivity contribution in [1.82, 2.24) is 19.8 Å². The van der Waals surface area contributed by atoms with Crippen LogP contribution in [-0.4, -0.2) is 141 Å². The molecule has 5 aromatic rings. The molecule has 5 heterocycles. The van der Waals surface area contributed by atoms with E-state index in [9.17, 15) is 20.0 Å². The molecule has 2 amide bonds. The second kappa shape index (κ2) is 25.2. The number of rotatable bonds is 21. The van der Waals surface area contributed by atoms with Gasteiger partial charge in [0.1, 0.15) is 24.8 Å². The smallest absolute Gasteiger partial charge is 0.407 e. The van der Waals surface area contributed by atoms with Crippen LogP contribution in [0.3, 0.4) is 0 Å². The van der Waals surface area contributed by atoms with Crippen LogP contribution < -0.4 is 24.6 Å². The van der Waals surface area contributed by atoms with E-state index in [1.54, 1.807) is 0 Å². The first kappa shape index (κ1) is 53.1. The summed E-state index contributed by atoms with van der Waals surface area (Å²) in [6.45, 7) is 7.82. The van der Waals surface area contributed by atoms with E-state index in [2.05, 4.69) is 105 Å². The molecule has 0 saturated carbocycles. The predicted octanol–water partition coefficient (Wildman–Crippen LogP) is 9.91. The van der Waals surface area contributed by atoms with Crippen molar-refractivity contribution in [2.24, 2.45) is 0 Å². The van der Waals surface area contributed by atoms with E-state index in [1.165, 1.54) is 4.90 Å². The minimum atomic E-state index is -1.02. The molecular formula is C53H56Br2ClIN8O8. The maximum absolute atomic E-state index is 12.7. The van der Waals surface area contributed by atoms with Gasteiger partial charge in [-0.3, -0.25) is 9.69 Å². The highest BCUT2D eigenvalue weighted by Gasteiger charge is 2.35. The Bertz CT molecular complexity index is 2860. The summed E-state index contributed by atoms with van der Waals surface area (Å²) in [5, 5.41) is 25.2. The second-order valence-electron chi connectivity index (χ2n) is 18.2. The van der Waals surface area contributed by atoms with Crippen LogP contribution in [0, 0.1) is 14.9 Å². The third kappa shape index (κ3) is 13.0. The topological polar surface area (TPSA) is 175 Å². The highest BCUT2D eigenvalue weighted by atomic mass is 127. The van der Waals surface area contributed by atoms with Gasteiger partial charge in [-0.25, -0.2) is 4.79 Å². The number of fused-ring (bicyclic) bond motifs is 3. The normalized spacial score (nSPS) is 18.3. The number of amides is 2. The van der Waals surface area contributed by atoms with Gasteiger partial charge in [0.15, 0.2) is 0 Å². The highest BCUT2D eigenvalue weighted by molar-refractivity contribution is 14.1. The van der Waals surface area contributed by atoms with Crippen LogP contribution in [0.5, 0.6) is 11.8 Å². The fourth-order valence-electron chi connectivity index (χ4n) is 9.97. The van der Waals surface area contributed by atoms with Crippen molar-refractivity contribution in [3.05, 3.63) is 107 Å². The molecular weight excluding hydrogens is 1200 g/mol. The molecule has 9 rings (SSSR count). The number of carbonyl (C=O) groups is 2. The summed E-state index contributed by atoms with van der Waals surface area (Å²) in [5.74, 6) is 1.28. The van der Waals surface area contributed by atoms with Crippen LogP contribution >= 0.6 is 66.1 Å². The Balaban J connectivity index is 0.702. The molecule has 4 aliphatic rings. The number of benzene rings is 4. The Morgan fingerprint density at radius 2 is 1.66 bits per heavy atom. The van der Waals surface area contributed by atoms with Gasteiger partial charge in [0.2, 0.25) is 0 Å². The van der Waals surface area contributed by atoms with Gasteiger partial charge in [-0.15, -0.1) is 0 Å². The predicted molar refractivity (Wildman–Crippen MR) is 297 cm³/mol. The molecule has 0 unspecified atom stereocenters. The SMILES string of the molecule is N#CC[C@H]1CN(c2nc(OC[C@@H]3CCCN3CCCOCCOCCOCCOc3c(Br)cc(C=C4C(=O)Nc5ccc(I)cc54)cc3Br)nc3c2CCN(c2cccc4cccc(Cl)c24)C3)CCN1C(=O)O. The number of hydrogen-bond donors (Lipinski definition) is 2. The molecule has 73 heavy (non-hydrogen) atoms. The monoisotopic (exact) mass is 1250 g/mol. The minimum Gasteiger partial charge on any atom is -0.489 e. The third-order valence-electron chi connectivity index (χ3n) is 13.5. The zero-order valence-electron chi connectivity index (χ0n) is 40.2. The van der Waals surface area contributed by atoms with Gasteiger partial charge < -0.3 is 48.8 Å². The summed E-state index contributed by atoms with van der Waals surface area (Å²) in [5.41, 5.74) is 6.11. The summed E-state index contributed by atoms with van der Waals surface area (Å²) in [4.78, 5) is 43.1. The van der Waals surface area contributed by atoms with Crippen molar-refractivity contribution < 1.29 is 38.4 Å². The number of likely N-dealkylation sites (tertiary alicyclic amines) is 1. The molecule has 0 bridgehead atoms. The quantitative estimate of drug-likeness (QED) is 0.0403. The molecule has 16 nitrogen and oxygen atoms in total. The lowest BCUT2D eigenvalue weighted by Crippen LogP contribution is -2.55. The van der Waals surface area contributed by atoms with E-state index in [-0.39, 0.29) is 24.9 Å². The second-order valence-corrected chi connectivity index (χ2v) is 21.5. The summed E-state index contributed by atoms with van der Waals surface area (Å²) < 4.78 is 32.5. The Morgan fingerprint density at radius 3 is 2.42 bits per heavy atom. The van der Waals surface area contributed by atoms with Gasteiger partial charge in [0, 0.05) is 82.4 Å². The highest BCUT2D eigenvalue weighted by Crippen LogP contribution is 2.40. The number of nitrogens with one attached hydrogen (secondary N) is 1. The lowest BCUT2D eigenvalue weighted by molar-refractivity contribution is -0.110. The fourth-order valence-corrected chi connectivity index (χ4v) is 12.2. The fraction of sp³-hybridized carbons (Fsp3) is 0.415. The number of carboxylic acid groups (broad SMARTS) is 1. The molecule has 4 aromatic carbocycles. The van der Waals surface area contributed by atoms with Crippen LogP contribution in [0.4, 0.5) is 22.0 Å². The van der Waals surface area contributed by atoms with Crippen molar-refractivity contribution in [3.8, 4) is 17.8 Å². The summed E-state index contributed by atoms with van der Waals surface area (Å²) >= 11 is 16.3. The molecule has 20 heteroatoms. The van der Waals surface area contributed by atoms with Crippen LogP contribution in [0.15, 0.2) is 75.7 Å². The van der Waals surface area contributed by atoms with Crippen molar-refractivity contribution in [3.63, 3.8) is 0 Å². The van der Waals surface area contributed by atoms with E-state index < -0.39 is 12.1 Å². The molecule has 1 aromatic heterocycles. The zero-order valence-corrected chi connectivity index (χ0v) is 46.3. The third-order valence-corrected chi connectivity index (χ3v) is 15.7. The van der Waals surface area contributed by atoms with Gasteiger partial charge in [0.05, 0.1) is 77.8 Å². The Hall–Kier alpha value is -4.79. The standard InChI is InChI=1S/C53H56Br2ClIN8O8/c54-42-28-34(27-41-40-30-36(57)10-11-45(40)59-51(41)66)29-43(55)49(42)72-26-25-71-24-23-70-22-21-69-20-4-16-62-15-3-7-38(62)33-73-52-60-46-32-63(47-9-2-6-35-5-1-8-44(56)48(35)47)17-13-39(46)50(61-52)64-18-19-65(53(67)68)37(31-64)12-14-58/h1-2,5-6,8-11,27-30,37-38H,3-4,7,12-13,15-26,31-33H2,(H,59,66)(H,67,68)/t37-,38-/m0/s1. The molecule has 2 atom stereocenters. The number of piperazine rings is 1. The van der Waals surface area contributed by atoms with Gasteiger partial charge in [0.25, 0.3) is 5.91 Å². The molecule has 0 spiro atoms. The lowest BCUT2D eigenvalue weighted by Gasteiger charge is -2.41. The first-order valence-electron chi connectivity index (χ1n) is 24.5. The van der Waals surface area contributed by atoms with Crippen LogP contribution in [0.25, 0.3) is 22.4 Å². The van der Waals surface area contributed by atoms with E-state index >= 15 is 0 Å². The first-order valence-corrected chi connectivity index (χ1v) is 27.6. The molecule has 384 valence electrons. The average molecular weight is 1260 g/mol. The molecule has 2 fully saturated rings. The van der Waals surface area contributed by atoms with Gasteiger partial charge in [-0.2, -0.15) is 15.2 Å². The van der Waals surface area contributed by atoms with Crippen molar-refractivity contribution in [2.45, 2.75) is 50.7 Å². The number of aromatic nitrogens is 2. The largest absolute Gasteiger partial charge is 0.489 e. The molecule has 4 aliphatic heterocycles. The van der Waals surface area contributed by atoms with Crippen molar-refractivity contribution in [1.29, 1.82) is 5.26 Å². The summed E-state index contributed by atoms with van der Waals surface area (Å²) in [6.07, 6.45) is 4.58. The maximum atomic E-state index is 12.7. The Morgan fingerprint density at radius 1 is 0.904 bits per heavy atom. The zero-order chi connectivity index (χ0) is 50.8. The molecule has 2 saturated heterocycles. The van der Waals surface area contributed by atoms with E-state index in [0.29, 0.717) is 101 Å². The Labute approximate surface area is 460 Å². The van der Waals surface area contributed by atoms with Crippen LogP contribution in [0.1, 0.15) is 48.1 Å². The number of halogens is 4. The number of nitrogens with zero attached hydrogens (tertiary/aromatic N) is 7. The van der Waals surface area contributed by atoms with Gasteiger partial charge >= 0.3 is 12.1 Å². The first-order chi connectivity index (χ1) is 35.5. The number of ether oxygens (including phenoxy) is 5. The van der Waals surface area contributed by atoms with E-state index in [0.717, 1.165) is 102 Å². The van der Waals surface area contributed by atoms with Crippen molar-refractivity contribution >= 4 is 118 Å². The van der Waals surface area contributed by atoms with Gasteiger partial charge in [-0.1, -0.05) is 35.9 Å². The van der Waals surface area contributed by atoms with E-state index in [4.69, 9.17) is 45.3 Å². The summed E-state index contributed by atoms with van der Waals surface area (Å²) in [7, 11) is 0. The molecule has 0 aliphatic carbocycles. The Kier molecular flexibility index (Phi) is 18.3. The number of carbonyl (C=O) groups excluding carboxylic acids is 1. The van der Waals surface area contributed by atoms with Crippen molar-refractivity contribution in [2.75, 3.05) is 107 Å². The van der Waals surface area contributed by atoms with Crippen LogP contribution in [0.2, 0.25) is 5.02 Å². The van der Waals surface area contributed by atoms with E-state index in [1.807, 2.05) is 48.5 Å². The number of hydrogen-bond acceptors (Lipinski definition) is 13.